The molecule has 2 nitrogen and oxygen atoms in total. The van der Waals surface area contributed by atoms with E-state index in [0.717, 1.165) is 23.0 Å². The molecule has 0 aliphatic heterocycles. The first-order chi connectivity index (χ1) is 11.1. The number of thiocarbonyl (C=S) groups is 1. The quantitative estimate of drug-likeness (QED) is 0.653. The number of hydrogen-bond donors (Lipinski definition) is 1. The Labute approximate surface area is 149 Å². The third-order valence-electron chi connectivity index (χ3n) is 5.73. The Balaban J connectivity index is 1.50. The van der Waals surface area contributed by atoms with E-state index in [-0.39, 0.29) is 0 Å². The van der Waals surface area contributed by atoms with Crippen molar-refractivity contribution in [3.05, 3.63) is 29.3 Å². The molecule has 2 fully saturated rings. The van der Waals surface area contributed by atoms with Crippen LogP contribution >= 0.6 is 23.8 Å². The van der Waals surface area contributed by atoms with Gasteiger partial charge in [-0.3, -0.25) is 0 Å². The first kappa shape index (κ1) is 17.0. The molecular formula is C19H26ClNOS. The van der Waals surface area contributed by atoms with Gasteiger partial charge < -0.3 is 10.1 Å². The molecule has 0 radical (unpaired) electrons. The number of anilines is 1. The topological polar surface area (TPSA) is 21.3 Å². The molecule has 0 amide bonds. The molecule has 1 aromatic carbocycles. The number of hydrogen-bond acceptors (Lipinski definition) is 2. The fourth-order valence-corrected chi connectivity index (χ4v) is 4.55. The van der Waals surface area contributed by atoms with Crippen molar-refractivity contribution in [2.45, 2.75) is 64.4 Å². The van der Waals surface area contributed by atoms with Crippen LogP contribution in [0.5, 0.6) is 0 Å². The summed E-state index contributed by atoms with van der Waals surface area (Å²) < 4.78 is 6.10. The molecule has 2 saturated carbocycles. The summed E-state index contributed by atoms with van der Waals surface area (Å²) in [4.78, 5) is 0. The van der Waals surface area contributed by atoms with Crippen LogP contribution in [-0.2, 0) is 4.74 Å². The minimum Gasteiger partial charge on any atom is -0.467 e. The normalized spacial score (nSPS) is 29.8. The van der Waals surface area contributed by atoms with Gasteiger partial charge in [-0.05, 0) is 80.9 Å². The van der Waals surface area contributed by atoms with Gasteiger partial charge in [0.05, 0.1) is 0 Å². The third-order valence-corrected chi connectivity index (χ3v) is 6.18. The molecule has 4 heteroatoms. The van der Waals surface area contributed by atoms with Gasteiger partial charge >= 0.3 is 0 Å². The predicted molar refractivity (Wildman–Crippen MR) is 101 cm³/mol. The minimum atomic E-state index is 0.303. The standard InChI is InChI=1S/C19H26ClNOS/c1-2-3-14-8-11-19(12-9-14)13-10-17(19)22-18(23)21-16-6-4-15(20)5-7-16/h4-7,14,17H,2-3,8-13H2,1H3,(H,21,23)/t14?,17-,19?/m0/s1. The highest BCUT2D eigenvalue weighted by Crippen LogP contribution is 2.54. The molecule has 1 aromatic rings. The van der Waals surface area contributed by atoms with E-state index < -0.39 is 0 Å². The smallest absolute Gasteiger partial charge is 0.261 e. The Kier molecular flexibility index (Phi) is 5.48. The summed E-state index contributed by atoms with van der Waals surface area (Å²) in [7, 11) is 0. The van der Waals surface area contributed by atoms with Crippen molar-refractivity contribution in [3.8, 4) is 0 Å². The lowest BCUT2D eigenvalue weighted by molar-refractivity contribution is -0.0843. The summed E-state index contributed by atoms with van der Waals surface area (Å²) in [6.45, 7) is 2.29. The molecule has 1 atom stereocenters. The molecule has 3 rings (SSSR count). The highest BCUT2D eigenvalue weighted by molar-refractivity contribution is 7.80. The zero-order chi connectivity index (χ0) is 16.3. The first-order valence-electron chi connectivity index (χ1n) is 8.84. The maximum absolute atomic E-state index is 6.10. The van der Waals surface area contributed by atoms with Crippen molar-refractivity contribution in [1.29, 1.82) is 0 Å². The van der Waals surface area contributed by atoms with Crippen molar-refractivity contribution in [3.63, 3.8) is 0 Å². The Morgan fingerprint density at radius 3 is 2.43 bits per heavy atom. The summed E-state index contributed by atoms with van der Waals surface area (Å²) in [6, 6.07) is 7.55. The van der Waals surface area contributed by atoms with Gasteiger partial charge in [0.15, 0.2) is 0 Å². The molecule has 23 heavy (non-hydrogen) atoms. The molecule has 1 N–H and O–H groups in total. The Bertz CT molecular complexity index is 537. The number of halogens is 1. The lowest BCUT2D eigenvalue weighted by Gasteiger charge is -2.52. The molecule has 2 aliphatic rings. The number of nitrogens with one attached hydrogen (secondary N) is 1. The fourth-order valence-electron chi connectivity index (χ4n) is 4.19. The number of ether oxygens (including phenoxy) is 1. The molecule has 2 aliphatic carbocycles. The Morgan fingerprint density at radius 1 is 1.22 bits per heavy atom. The fraction of sp³-hybridized carbons (Fsp3) is 0.632. The Hall–Kier alpha value is -0.800. The first-order valence-corrected chi connectivity index (χ1v) is 9.63. The number of rotatable bonds is 4. The predicted octanol–water partition coefficient (Wildman–Crippen LogP) is 6.19. The van der Waals surface area contributed by atoms with Crippen molar-refractivity contribution < 1.29 is 4.74 Å². The molecule has 0 saturated heterocycles. The van der Waals surface area contributed by atoms with E-state index in [1.165, 1.54) is 44.9 Å². The van der Waals surface area contributed by atoms with Crippen LogP contribution in [0.15, 0.2) is 24.3 Å². The zero-order valence-corrected chi connectivity index (χ0v) is 15.4. The van der Waals surface area contributed by atoms with Crippen molar-refractivity contribution in [1.82, 2.24) is 0 Å². The van der Waals surface area contributed by atoms with Gasteiger partial charge in [0, 0.05) is 16.1 Å². The summed E-state index contributed by atoms with van der Waals surface area (Å²) in [5.41, 5.74) is 1.33. The number of benzene rings is 1. The molecule has 0 heterocycles. The van der Waals surface area contributed by atoms with Crippen molar-refractivity contribution in [2.24, 2.45) is 11.3 Å². The highest BCUT2D eigenvalue weighted by Gasteiger charge is 2.50. The summed E-state index contributed by atoms with van der Waals surface area (Å²) in [5.74, 6) is 0.936. The second-order valence-corrected chi connectivity index (χ2v) is 7.97. The lowest BCUT2D eigenvalue weighted by atomic mass is 9.57. The SMILES string of the molecule is CCCC1CCC2(CC1)CC[C@@H]2OC(=S)Nc1ccc(Cl)cc1. The van der Waals surface area contributed by atoms with Crippen LogP contribution in [0.3, 0.4) is 0 Å². The van der Waals surface area contributed by atoms with E-state index in [1.807, 2.05) is 24.3 Å². The second-order valence-electron chi connectivity index (χ2n) is 7.16. The van der Waals surface area contributed by atoms with Gasteiger partial charge in [-0.25, -0.2) is 0 Å². The molecule has 126 valence electrons. The van der Waals surface area contributed by atoms with Crippen LogP contribution in [0.25, 0.3) is 0 Å². The van der Waals surface area contributed by atoms with Gasteiger partial charge in [-0.2, -0.15) is 0 Å². The van der Waals surface area contributed by atoms with E-state index in [0.29, 0.717) is 16.7 Å². The molecular weight excluding hydrogens is 326 g/mol. The van der Waals surface area contributed by atoms with Gasteiger partial charge in [-0.1, -0.05) is 31.4 Å². The largest absolute Gasteiger partial charge is 0.467 e. The zero-order valence-electron chi connectivity index (χ0n) is 13.8. The van der Waals surface area contributed by atoms with Crippen LogP contribution in [-0.4, -0.2) is 11.3 Å². The lowest BCUT2D eigenvalue weighted by Crippen LogP contribution is -2.50. The summed E-state index contributed by atoms with van der Waals surface area (Å²) >= 11 is 11.3. The van der Waals surface area contributed by atoms with E-state index in [1.54, 1.807) is 0 Å². The summed E-state index contributed by atoms with van der Waals surface area (Å²) in [5, 5.41) is 4.39. The molecule has 0 bridgehead atoms. The van der Waals surface area contributed by atoms with Gasteiger partial charge in [0.2, 0.25) is 0 Å². The van der Waals surface area contributed by atoms with Crippen LogP contribution in [0, 0.1) is 11.3 Å². The van der Waals surface area contributed by atoms with E-state index in [9.17, 15) is 0 Å². The van der Waals surface area contributed by atoms with Crippen LogP contribution in [0.2, 0.25) is 5.02 Å². The van der Waals surface area contributed by atoms with Gasteiger partial charge in [-0.15, -0.1) is 0 Å². The summed E-state index contributed by atoms with van der Waals surface area (Å²) in [6.07, 6.45) is 10.8. The highest BCUT2D eigenvalue weighted by atomic mass is 35.5. The maximum atomic E-state index is 6.10. The van der Waals surface area contributed by atoms with Crippen molar-refractivity contribution >= 4 is 34.7 Å². The average Bonchev–Trinajstić information content (AvgIpc) is 2.55. The van der Waals surface area contributed by atoms with Crippen LogP contribution < -0.4 is 5.32 Å². The second kappa shape index (κ2) is 7.40. The average molecular weight is 352 g/mol. The van der Waals surface area contributed by atoms with Gasteiger partial charge in [0.1, 0.15) is 6.10 Å². The van der Waals surface area contributed by atoms with Crippen LogP contribution in [0.1, 0.15) is 58.3 Å². The Morgan fingerprint density at radius 2 is 1.87 bits per heavy atom. The van der Waals surface area contributed by atoms with Crippen molar-refractivity contribution in [2.75, 3.05) is 5.32 Å². The molecule has 1 spiro atoms. The van der Waals surface area contributed by atoms with E-state index >= 15 is 0 Å². The molecule has 0 aromatic heterocycles. The van der Waals surface area contributed by atoms with Crippen LogP contribution in [0.4, 0.5) is 5.69 Å². The third kappa shape index (κ3) is 4.00. The van der Waals surface area contributed by atoms with E-state index in [2.05, 4.69) is 12.2 Å². The minimum absolute atomic E-state index is 0.303. The monoisotopic (exact) mass is 351 g/mol. The van der Waals surface area contributed by atoms with E-state index in [4.69, 9.17) is 28.6 Å². The molecule has 0 unspecified atom stereocenters. The van der Waals surface area contributed by atoms with Gasteiger partial charge in [0.25, 0.3) is 5.17 Å². The maximum Gasteiger partial charge on any atom is 0.261 e.